The van der Waals surface area contributed by atoms with Gasteiger partial charge in [-0.05, 0) is 6.42 Å². The van der Waals surface area contributed by atoms with Gasteiger partial charge in [0.2, 0.25) is 5.91 Å². The summed E-state index contributed by atoms with van der Waals surface area (Å²) in [5, 5.41) is 10.9. The summed E-state index contributed by atoms with van der Waals surface area (Å²) >= 11 is 0. The minimum absolute atomic E-state index is 0.175. The third-order valence-electron chi connectivity index (χ3n) is 4.37. The number of unbranched alkanes of at least 4 members (excludes halogenated alkanes) is 8. The number of hydrogen-bond donors (Lipinski definition) is 2. The van der Waals surface area contributed by atoms with Crippen molar-refractivity contribution < 1.29 is 38.4 Å². The Morgan fingerprint density at radius 2 is 1.29 bits per heavy atom. The van der Waals surface area contributed by atoms with E-state index >= 15 is 0 Å². The van der Waals surface area contributed by atoms with Crippen molar-refractivity contribution in [2.45, 2.75) is 71.1 Å². The van der Waals surface area contributed by atoms with Crippen molar-refractivity contribution in [3.8, 4) is 0 Å². The fourth-order valence-electron chi connectivity index (χ4n) is 2.73. The summed E-state index contributed by atoms with van der Waals surface area (Å²) in [6.07, 6.45) is 11.4. The van der Waals surface area contributed by atoms with Crippen molar-refractivity contribution in [1.82, 2.24) is 5.32 Å². The van der Waals surface area contributed by atoms with Crippen molar-refractivity contribution >= 4 is 17.8 Å². The molecule has 9 nitrogen and oxygen atoms in total. The number of carbonyl (C=O) groups excluding carboxylic acids is 2. The fraction of sp³-hybridized carbons (Fsp3) is 0.864. The van der Waals surface area contributed by atoms with Crippen LogP contribution in [0, 0.1) is 0 Å². The van der Waals surface area contributed by atoms with Crippen LogP contribution in [0.4, 0.5) is 0 Å². The van der Waals surface area contributed by atoms with Gasteiger partial charge in [0.05, 0.1) is 26.4 Å². The molecule has 0 aromatic heterocycles. The summed E-state index contributed by atoms with van der Waals surface area (Å²) in [5.41, 5.74) is 0. The average Bonchev–Trinajstić information content (AvgIpc) is 2.73. The first-order valence-corrected chi connectivity index (χ1v) is 11.4. The maximum Gasteiger partial charge on any atom is 0.329 e. The molecule has 2 N–H and O–H groups in total. The molecule has 0 aromatic carbocycles. The molecule has 0 fully saturated rings. The lowest BCUT2D eigenvalue weighted by atomic mass is 10.1. The second-order valence-electron chi connectivity index (χ2n) is 7.26. The van der Waals surface area contributed by atoms with Gasteiger partial charge in [-0.15, -0.1) is 0 Å². The number of carboxylic acids is 1. The molecule has 0 radical (unpaired) electrons. The van der Waals surface area contributed by atoms with E-state index in [1.165, 1.54) is 44.9 Å². The number of carbonyl (C=O) groups is 3. The van der Waals surface area contributed by atoms with E-state index in [0.717, 1.165) is 12.8 Å². The molecule has 0 bridgehead atoms. The molecule has 1 amide bonds. The Hall–Kier alpha value is -1.71. The maximum atomic E-state index is 11.6. The molecule has 0 rings (SSSR count). The molecule has 0 atom stereocenters. The first-order chi connectivity index (χ1) is 15.1. The van der Waals surface area contributed by atoms with Gasteiger partial charge in [-0.1, -0.05) is 58.3 Å². The summed E-state index contributed by atoms with van der Waals surface area (Å²) in [6.45, 7) is 3.31. The van der Waals surface area contributed by atoms with Crippen molar-refractivity contribution in [3.63, 3.8) is 0 Å². The number of aliphatic carboxylic acids is 1. The molecular weight excluding hydrogens is 406 g/mol. The molecule has 9 heteroatoms. The minimum atomic E-state index is -1.12. The number of hydrogen-bond acceptors (Lipinski definition) is 7. The molecule has 0 saturated carbocycles. The van der Waals surface area contributed by atoms with Crippen LogP contribution >= 0.6 is 0 Å². The molecule has 182 valence electrons. The first kappa shape index (κ1) is 29.3. The Bertz CT molecular complexity index is 459. The van der Waals surface area contributed by atoms with Gasteiger partial charge in [0.15, 0.2) is 0 Å². The third kappa shape index (κ3) is 24.4. The molecule has 31 heavy (non-hydrogen) atoms. The summed E-state index contributed by atoms with van der Waals surface area (Å²) in [4.78, 5) is 33.2. The van der Waals surface area contributed by atoms with Crippen LogP contribution in [0.1, 0.15) is 71.1 Å². The normalized spacial score (nSPS) is 10.7. The topological polar surface area (TPSA) is 120 Å². The molecule has 0 aliphatic carbocycles. The summed E-state index contributed by atoms with van der Waals surface area (Å²) in [5.74, 6) is -1.69. The van der Waals surface area contributed by atoms with Crippen molar-refractivity contribution in [1.29, 1.82) is 0 Å². The van der Waals surface area contributed by atoms with E-state index in [4.69, 9.17) is 19.3 Å². The zero-order chi connectivity index (χ0) is 23.0. The molecule has 0 heterocycles. The first-order valence-electron chi connectivity index (χ1n) is 11.4. The standard InChI is InChI=1S/C22H41NO8/c1-2-3-4-5-6-7-8-9-10-11-22(27)31-17-16-29-15-14-28-13-12-23-20(24)18-30-19-21(25)26/h2-19H2,1H3,(H,23,24)(H,25,26). The number of ether oxygens (including phenoxy) is 4. The SMILES string of the molecule is CCCCCCCCCCCC(=O)OCCOCCOCCNC(=O)COCC(=O)O. The summed E-state index contributed by atoms with van der Waals surface area (Å²) in [6, 6.07) is 0. The predicted octanol–water partition coefficient (Wildman–Crippen LogP) is 2.70. The van der Waals surface area contributed by atoms with E-state index in [0.29, 0.717) is 39.4 Å². The van der Waals surface area contributed by atoms with Crippen LogP contribution < -0.4 is 5.32 Å². The third-order valence-corrected chi connectivity index (χ3v) is 4.37. The molecular formula is C22H41NO8. The Balaban J connectivity index is 3.25. The van der Waals surface area contributed by atoms with Gasteiger partial charge >= 0.3 is 11.9 Å². The number of esters is 1. The second-order valence-corrected chi connectivity index (χ2v) is 7.26. The van der Waals surface area contributed by atoms with E-state index in [1.54, 1.807) is 0 Å². The highest BCUT2D eigenvalue weighted by molar-refractivity contribution is 5.77. The smallest absolute Gasteiger partial charge is 0.329 e. The maximum absolute atomic E-state index is 11.6. The Morgan fingerprint density at radius 3 is 1.94 bits per heavy atom. The van der Waals surface area contributed by atoms with E-state index in [9.17, 15) is 14.4 Å². The van der Waals surface area contributed by atoms with Crippen molar-refractivity contribution in [2.24, 2.45) is 0 Å². The fourth-order valence-corrected chi connectivity index (χ4v) is 2.73. The zero-order valence-corrected chi connectivity index (χ0v) is 19.0. The van der Waals surface area contributed by atoms with E-state index in [2.05, 4.69) is 17.0 Å². The van der Waals surface area contributed by atoms with Crippen LogP contribution in [0.25, 0.3) is 0 Å². The molecule has 0 aliphatic rings. The van der Waals surface area contributed by atoms with Gasteiger partial charge in [0.25, 0.3) is 0 Å². The lowest BCUT2D eigenvalue weighted by molar-refractivity contribution is -0.146. The molecule has 0 saturated heterocycles. The Morgan fingerprint density at radius 1 is 0.710 bits per heavy atom. The number of amides is 1. The highest BCUT2D eigenvalue weighted by Crippen LogP contribution is 2.10. The largest absolute Gasteiger partial charge is 0.480 e. The quantitative estimate of drug-likeness (QED) is 0.181. The van der Waals surface area contributed by atoms with Crippen molar-refractivity contribution in [2.75, 3.05) is 52.8 Å². The summed E-state index contributed by atoms with van der Waals surface area (Å²) < 4.78 is 20.4. The zero-order valence-electron chi connectivity index (χ0n) is 19.0. The van der Waals surface area contributed by atoms with Gasteiger partial charge in [-0.2, -0.15) is 0 Å². The van der Waals surface area contributed by atoms with E-state index in [1.807, 2.05) is 0 Å². The predicted molar refractivity (Wildman–Crippen MR) is 116 cm³/mol. The summed E-state index contributed by atoms with van der Waals surface area (Å²) in [7, 11) is 0. The lowest BCUT2D eigenvalue weighted by Crippen LogP contribution is -2.31. The van der Waals surface area contributed by atoms with Crippen LogP contribution in [0.15, 0.2) is 0 Å². The number of carboxylic acid groups (broad SMARTS) is 1. The van der Waals surface area contributed by atoms with Crippen LogP contribution in [0.3, 0.4) is 0 Å². The van der Waals surface area contributed by atoms with Gasteiger partial charge in [-0.3, -0.25) is 9.59 Å². The lowest BCUT2D eigenvalue weighted by Gasteiger charge is -2.08. The Labute approximate surface area is 186 Å². The van der Waals surface area contributed by atoms with E-state index in [-0.39, 0.29) is 19.2 Å². The molecule has 0 aromatic rings. The van der Waals surface area contributed by atoms with Crippen LogP contribution in [-0.4, -0.2) is 75.7 Å². The number of nitrogens with one attached hydrogen (secondary N) is 1. The van der Waals surface area contributed by atoms with Gasteiger partial charge in [-0.25, -0.2) is 4.79 Å². The van der Waals surface area contributed by atoms with Gasteiger partial charge in [0.1, 0.15) is 19.8 Å². The molecule has 0 aliphatic heterocycles. The van der Waals surface area contributed by atoms with Gasteiger partial charge in [0, 0.05) is 13.0 Å². The molecule has 0 unspecified atom stereocenters. The van der Waals surface area contributed by atoms with Crippen molar-refractivity contribution in [3.05, 3.63) is 0 Å². The highest BCUT2D eigenvalue weighted by Gasteiger charge is 2.04. The minimum Gasteiger partial charge on any atom is -0.480 e. The van der Waals surface area contributed by atoms with Crippen LogP contribution in [0.5, 0.6) is 0 Å². The highest BCUT2D eigenvalue weighted by atomic mass is 16.6. The van der Waals surface area contributed by atoms with Crippen LogP contribution in [-0.2, 0) is 33.3 Å². The van der Waals surface area contributed by atoms with Gasteiger partial charge < -0.3 is 29.4 Å². The number of rotatable bonds is 23. The van der Waals surface area contributed by atoms with E-state index < -0.39 is 18.5 Å². The molecule has 0 spiro atoms. The Kier molecular flexibility index (Phi) is 21.7. The van der Waals surface area contributed by atoms with Crippen LogP contribution in [0.2, 0.25) is 0 Å². The second kappa shape index (κ2) is 23.0. The monoisotopic (exact) mass is 447 g/mol. The average molecular weight is 448 g/mol.